The normalized spacial score (nSPS) is 13.3. The number of halogens is 4. The molecule has 140 valence electrons. The predicted octanol–water partition coefficient (Wildman–Crippen LogP) is 3.25. The summed E-state index contributed by atoms with van der Waals surface area (Å²) in [5.74, 6) is -1.05. The van der Waals surface area contributed by atoms with E-state index in [9.17, 15) is 26.4 Å². The highest BCUT2D eigenvalue weighted by atomic mass is 35.5. The van der Waals surface area contributed by atoms with Gasteiger partial charge >= 0.3 is 6.18 Å². The summed E-state index contributed by atoms with van der Waals surface area (Å²) in [5.41, 5.74) is 0.457. The summed E-state index contributed by atoms with van der Waals surface area (Å²) in [4.78, 5) is 11.7. The Kier molecular flexibility index (Phi) is 5.94. The molecule has 26 heavy (non-hydrogen) atoms. The minimum Gasteiger partial charge on any atom is -0.328 e. The zero-order valence-corrected chi connectivity index (χ0v) is 14.9. The highest BCUT2D eigenvalue weighted by molar-refractivity contribution is 7.89. The van der Waals surface area contributed by atoms with Crippen LogP contribution in [-0.2, 0) is 10.0 Å². The Bertz CT molecular complexity index is 900. The van der Waals surface area contributed by atoms with Gasteiger partial charge in [-0.15, -0.1) is 0 Å². The topological polar surface area (TPSA) is 75.3 Å². The second-order valence-electron chi connectivity index (χ2n) is 5.34. The van der Waals surface area contributed by atoms with Crippen molar-refractivity contribution in [2.24, 2.45) is 0 Å². The van der Waals surface area contributed by atoms with Crippen LogP contribution in [0.15, 0.2) is 53.4 Å². The van der Waals surface area contributed by atoms with Crippen molar-refractivity contribution in [3.05, 3.63) is 64.7 Å². The molecule has 2 N–H and O–H groups in total. The Morgan fingerprint density at radius 1 is 1.08 bits per heavy atom. The van der Waals surface area contributed by atoms with Crippen LogP contribution >= 0.6 is 11.6 Å². The van der Waals surface area contributed by atoms with Crippen LogP contribution in [0.1, 0.15) is 15.9 Å². The SMILES string of the molecule is Cc1ccccc1C(=O)N[C@H](NS(=O)(=O)c1ccc(Cl)cc1)C(F)(F)F. The highest BCUT2D eigenvalue weighted by Gasteiger charge is 2.43. The number of aryl methyl sites for hydroxylation is 1. The molecule has 0 bridgehead atoms. The zero-order valence-electron chi connectivity index (χ0n) is 13.3. The van der Waals surface area contributed by atoms with Crippen molar-refractivity contribution in [2.75, 3.05) is 0 Å². The molecule has 2 aromatic carbocycles. The largest absolute Gasteiger partial charge is 0.423 e. The van der Waals surface area contributed by atoms with E-state index in [0.717, 1.165) is 12.1 Å². The summed E-state index contributed by atoms with van der Waals surface area (Å²) < 4.78 is 65.6. The Labute approximate surface area is 153 Å². The lowest BCUT2D eigenvalue weighted by molar-refractivity contribution is -0.155. The summed E-state index contributed by atoms with van der Waals surface area (Å²) in [6.45, 7) is 1.55. The van der Waals surface area contributed by atoms with Gasteiger partial charge in [0.2, 0.25) is 10.0 Å². The molecule has 0 heterocycles. The molecule has 0 unspecified atom stereocenters. The van der Waals surface area contributed by atoms with Crippen LogP contribution in [-0.4, -0.2) is 26.7 Å². The van der Waals surface area contributed by atoms with Gasteiger partial charge in [-0.2, -0.15) is 17.9 Å². The number of carbonyl (C=O) groups excluding carboxylic acids is 1. The first-order valence-corrected chi connectivity index (χ1v) is 9.08. The number of nitrogens with one attached hydrogen (secondary N) is 2. The van der Waals surface area contributed by atoms with Crippen LogP contribution in [0.4, 0.5) is 13.2 Å². The summed E-state index contributed by atoms with van der Waals surface area (Å²) in [6.07, 6.45) is -7.84. The second kappa shape index (κ2) is 7.65. The molecule has 1 atom stereocenters. The van der Waals surface area contributed by atoms with Gasteiger partial charge in [0.25, 0.3) is 5.91 Å². The van der Waals surface area contributed by atoms with Gasteiger partial charge in [0, 0.05) is 10.6 Å². The van der Waals surface area contributed by atoms with Crippen LogP contribution in [0.25, 0.3) is 0 Å². The highest BCUT2D eigenvalue weighted by Crippen LogP contribution is 2.22. The molecule has 0 aliphatic heterocycles. The van der Waals surface area contributed by atoms with Crippen LogP contribution in [0.3, 0.4) is 0 Å². The van der Waals surface area contributed by atoms with E-state index in [-0.39, 0.29) is 10.6 Å². The zero-order chi connectivity index (χ0) is 19.5. The first kappa shape index (κ1) is 20.2. The minimum atomic E-state index is -5.04. The molecule has 0 aromatic heterocycles. The fraction of sp³-hybridized carbons (Fsp3) is 0.188. The molecule has 10 heteroatoms. The van der Waals surface area contributed by atoms with Crippen LogP contribution < -0.4 is 10.0 Å². The molecule has 0 spiro atoms. The molecule has 0 radical (unpaired) electrons. The molecule has 0 fully saturated rings. The number of alkyl halides is 3. The summed E-state index contributed by atoms with van der Waals surface area (Å²) in [7, 11) is -4.54. The van der Waals surface area contributed by atoms with Gasteiger partial charge < -0.3 is 5.32 Å². The predicted molar refractivity (Wildman–Crippen MR) is 90.3 cm³/mol. The molecule has 2 aromatic rings. The van der Waals surface area contributed by atoms with E-state index in [1.807, 2.05) is 0 Å². The maximum absolute atomic E-state index is 13.2. The fourth-order valence-corrected chi connectivity index (χ4v) is 3.31. The van der Waals surface area contributed by atoms with E-state index in [1.54, 1.807) is 24.4 Å². The number of amides is 1. The minimum absolute atomic E-state index is 0.00689. The summed E-state index contributed by atoms with van der Waals surface area (Å²) in [5, 5.41) is 1.90. The number of hydrogen-bond acceptors (Lipinski definition) is 3. The van der Waals surface area contributed by atoms with Gasteiger partial charge in [0.1, 0.15) is 0 Å². The molecule has 0 saturated heterocycles. The number of carbonyl (C=O) groups is 1. The monoisotopic (exact) mass is 406 g/mol. The molecule has 0 saturated carbocycles. The maximum atomic E-state index is 13.2. The third-order valence-electron chi connectivity index (χ3n) is 3.39. The van der Waals surface area contributed by atoms with E-state index in [0.29, 0.717) is 5.56 Å². The third-order valence-corrected chi connectivity index (χ3v) is 5.08. The van der Waals surface area contributed by atoms with E-state index in [1.165, 1.54) is 29.0 Å². The van der Waals surface area contributed by atoms with Gasteiger partial charge in [-0.3, -0.25) is 4.79 Å². The van der Waals surface area contributed by atoms with E-state index < -0.39 is 33.2 Å². The molecule has 0 aliphatic carbocycles. The average Bonchev–Trinajstić information content (AvgIpc) is 2.54. The smallest absolute Gasteiger partial charge is 0.328 e. The molecule has 5 nitrogen and oxygen atoms in total. The molecule has 1 amide bonds. The molecular weight excluding hydrogens is 393 g/mol. The van der Waals surface area contributed by atoms with Gasteiger partial charge in [0.15, 0.2) is 6.17 Å². The van der Waals surface area contributed by atoms with Crippen molar-refractivity contribution in [1.82, 2.24) is 10.0 Å². The standard InChI is InChI=1S/C16H14ClF3N2O3S/c1-10-4-2-3-5-13(10)14(23)21-15(16(18,19)20)22-26(24,25)12-8-6-11(17)7-9-12/h2-9,15,22H,1H3,(H,21,23)/t15-/m1/s1. The average molecular weight is 407 g/mol. The Balaban J connectivity index is 2.27. The van der Waals surface area contributed by atoms with Crippen molar-refractivity contribution in [3.8, 4) is 0 Å². The van der Waals surface area contributed by atoms with Gasteiger partial charge in [-0.25, -0.2) is 8.42 Å². The Morgan fingerprint density at radius 3 is 2.19 bits per heavy atom. The van der Waals surface area contributed by atoms with E-state index >= 15 is 0 Å². The second-order valence-corrected chi connectivity index (χ2v) is 7.49. The Morgan fingerprint density at radius 2 is 1.65 bits per heavy atom. The van der Waals surface area contributed by atoms with Gasteiger partial charge in [0.05, 0.1) is 4.90 Å². The maximum Gasteiger partial charge on any atom is 0.423 e. The Hall–Kier alpha value is -2.10. The number of rotatable bonds is 5. The third kappa shape index (κ3) is 4.96. The van der Waals surface area contributed by atoms with Crippen molar-refractivity contribution in [2.45, 2.75) is 24.2 Å². The first-order valence-electron chi connectivity index (χ1n) is 7.22. The molecule has 2 rings (SSSR count). The van der Waals surface area contributed by atoms with Gasteiger partial charge in [-0.1, -0.05) is 29.8 Å². The lowest BCUT2D eigenvalue weighted by Crippen LogP contribution is -2.56. The first-order chi connectivity index (χ1) is 12.0. The van der Waals surface area contributed by atoms with E-state index in [2.05, 4.69) is 0 Å². The lowest BCUT2D eigenvalue weighted by Gasteiger charge is -2.23. The van der Waals surface area contributed by atoms with Crippen LogP contribution in [0.2, 0.25) is 5.02 Å². The number of benzene rings is 2. The van der Waals surface area contributed by atoms with Crippen LogP contribution in [0.5, 0.6) is 0 Å². The van der Waals surface area contributed by atoms with Crippen molar-refractivity contribution in [1.29, 1.82) is 0 Å². The summed E-state index contributed by atoms with van der Waals surface area (Å²) in [6, 6.07) is 10.6. The lowest BCUT2D eigenvalue weighted by atomic mass is 10.1. The van der Waals surface area contributed by atoms with Crippen molar-refractivity contribution < 1.29 is 26.4 Å². The molecule has 0 aliphatic rings. The molecular formula is C16H14ClF3N2O3S. The number of sulfonamides is 1. The van der Waals surface area contributed by atoms with E-state index in [4.69, 9.17) is 11.6 Å². The quantitative estimate of drug-likeness (QED) is 0.748. The van der Waals surface area contributed by atoms with Crippen LogP contribution in [0, 0.1) is 6.92 Å². The van der Waals surface area contributed by atoms with Gasteiger partial charge in [-0.05, 0) is 42.8 Å². The number of hydrogen-bond donors (Lipinski definition) is 2. The fourth-order valence-electron chi connectivity index (χ4n) is 2.05. The van der Waals surface area contributed by atoms with Crippen molar-refractivity contribution >= 4 is 27.5 Å². The van der Waals surface area contributed by atoms with Crippen molar-refractivity contribution in [3.63, 3.8) is 0 Å². The summed E-state index contributed by atoms with van der Waals surface area (Å²) >= 11 is 5.64.